The van der Waals surface area contributed by atoms with Gasteiger partial charge >= 0.3 is 6.03 Å². The summed E-state index contributed by atoms with van der Waals surface area (Å²) in [6.07, 6.45) is 8.67. The maximum absolute atomic E-state index is 12.5. The van der Waals surface area contributed by atoms with E-state index in [-0.39, 0.29) is 23.9 Å². The summed E-state index contributed by atoms with van der Waals surface area (Å²) in [6.45, 7) is 4.45. The molecular formula is C23H33N3O2. The smallest absolute Gasteiger partial charge is 0.315 e. The SMILES string of the molecule is CCc1cccc(C)c1NC(=O)CCNC(=O)NC12CC3CC(CC(C3)C1)C2. The number of hydrogen-bond donors (Lipinski definition) is 3. The number of carbonyl (C=O) groups excluding carboxylic acids is 2. The van der Waals surface area contributed by atoms with Crippen molar-refractivity contribution in [2.24, 2.45) is 17.8 Å². The minimum absolute atomic E-state index is 0.0122. The molecule has 4 fully saturated rings. The zero-order valence-electron chi connectivity index (χ0n) is 17.1. The minimum atomic E-state index is -0.111. The van der Waals surface area contributed by atoms with Crippen LogP contribution in [0.1, 0.15) is 63.0 Å². The summed E-state index contributed by atoms with van der Waals surface area (Å²) >= 11 is 0. The molecule has 28 heavy (non-hydrogen) atoms. The van der Waals surface area contributed by atoms with E-state index in [1.54, 1.807) is 0 Å². The molecule has 4 aliphatic rings. The average Bonchev–Trinajstić information content (AvgIpc) is 2.61. The van der Waals surface area contributed by atoms with E-state index in [0.717, 1.165) is 60.3 Å². The van der Waals surface area contributed by atoms with Crippen LogP contribution >= 0.6 is 0 Å². The molecular weight excluding hydrogens is 350 g/mol. The fraction of sp³-hybridized carbons (Fsp3) is 0.652. The first-order chi connectivity index (χ1) is 13.5. The van der Waals surface area contributed by atoms with Crippen LogP contribution in [0.15, 0.2) is 18.2 Å². The van der Waals surface area contributed by atoms with Crippen LogP contribution in [0.25, 0.3) is 0 Å². The van der Waals surface area contributed by atoms with Gasteiger partial charge in [-0.25, -0.2) is 4.79 Å². The Morgan fingerprint density at radius 1 is 1.07 bits per heavy atom. The molecule has 0 saturated heterocycles. The van der Waals surface area contributed by atoms with Crippen LogP contribution in [0.5, 0.6) is 0 Å². The normalized spacial score (nSPS) is 30.1. The number of para-hydroxylation sites is 1. The largest absolute Gasteiger partial charge is 0.338 e. The van der Waals surface area contributed by atoms with Crippen molar-refractivity contribution in [1.29, 1.82) is 0 Å². The molecule has 152 valence electrons. The minimum Gasteiger partial charge on any atom is -0.338 e. The van der Waals surface area contributed by atoms with E-state index < -0.39 is 0 Å². The van der Waals surface area contributed by atoms with Crippen LogP contribution in [0.3, 0.4) is 0 Å². The van der Waals surface area contributed by atoms with Crippen molar-refractivity contribution >= 4 is 17.6 Å². The van der Waals surface area contributed by atoms with Crippen molar-refractivity contribution in [3.8, 4) is 0 Å². The Morgan fingerprint density at radius 3 is 2.32 bits per heavy atom. The van der Waals surface area contributed by atoms with Crippen LogP contribution in [0.2, 0.25) is 0 Å². The van der Waals surface area contributed by atoms with Gasteiger partial charge in [-0.05, 0) is 80.8 Å². The third-order valence-electron chi connectivity index (χ3n) is 7.06. The summed E-state index contributed by atoms with van der Waals surface area (Å²) < 4.78 is 0. The van der Waals surface area contributed by atoms with Crippen LogP contribution in [-0.2, 0) is 11.2 Å². The molecule has 0 radical (unpaired) electrons. The van der Waals surface area contributed by atoms with Crippen LogP contribution in [0, 0.1) is 24.7 Å². The van der Waals surface area contributed by atoms with Gasteiger partial charge in [-0.3, -0.25) is 4.79 Å². The third-order valence-corrected chi connectivity index (χ3v) is 7.06. The van der Waals surface area contributed by atoms with Crippen molar-refractivity contribution in [2.75, 3.05) is 11.9 Å². The second-order valence-corrected chi connectivity index (χ2v) is 9.34. The maximum Gasteiger partial charge on any atom is 0.315 e. The second kappa shape index (κ2) is 7.76. The van der Waals surface area contributed by atoms with Gasteiger partial charge in [-0.15, -0.1) is 0 Å². The molecule has 0 spiro atoms. The molecule has 0 heterocycles. The molecule has 0 aliphatic heterocycles. The van der Waals surface area contributed by atoms with E-state index in [0.29, 0.717) is 6.54 Å². The van der Waals surface area contributed by atoms with Crippen LogP contribution in [-0.4, -0.2) is 24.0 Å². The van der Waals surface area contributed by atoms with Gasteiger partial charge in [0.25, 0.3) is 0 Å². The molecule has 1 aromatic rings. The lowest BCUT2D eigenvalue weighted by molar-refractivity contribution is -0.116. The Bertz CT molecular complexity index is 723. The van der Waals surface area contributed by atoms with E-state index in [1.807, 2.05) is 25.1 Å². The number of aryl methyl sites for hydroxylation is 2. The van der Waals surface area contributed by atoms with E-state index in [9.17, 15) is 9.59 Å². The Morgan fingerprint density at radius 2 is 1.71 bits per heavy atom. The third kappa shape index (κ3) is 4.03. The maximum atomic E-state index is 12.5. The van der Waals surface area contributed by atoms with Gasteiger partial charge in [0.1, 0.15) is 0 Å². The van der Waals surface area contributed by atoms with Gasteiger partial charge in [-0.1, -0.05) is 25.1 Å². The van der Waals surface area contributed by atoms with Crippen molar-refractivity contribution in [2.45, 2.75) is 70.8 Å². The first kappa shape index (κ1) is 19.3. The van der Waals surface area contributed by atoms with Crippen LogP contribution in [0.4, 0.5) is 10.5 Å². The van der Waals surface area contributed by atoms with Gasteiger partial charge in [0.05, 0.1) is 0 Å². The first-order valence-corrected chi connectivity index (χ1v) is 10.9. The Kier molecular flexibility index (Phi) is 5.35. The lowest BCUT2D eigenvalue weighted by Gasteiger charge is -2.56. The summed E-state index contributed by atoms with van der Waals surface area (Å²) in [4.78, 5) is 24.8. The van der Waals surface area contributed by atoms with Gasteiger partial charge in [-0.2, -0.15) is 0 Å². The fourth-order valence-electron chi connectivity index (χ4n) is 6.24. The van der Waals surface area contributed by atoms with E-state index in [1.165, 1.54) is 19.3 Å². The molecule has 3 amide bonds. The highest BCUT2D eigenvalue weighted by molar-refractivity contribution is 5.92. The highest BCUT2D eigenvalue weighted by atomic mass is 16.2. The number of anilines is 1. The summed E-state index contributed by atoms with van der Waals surface area (Å²) in [5.74, 6) is 2.36. The molecule has 5 rings (SSSR count). The summed E-state index contributed by atoms with van der Waals surface area (Å²) in [5.41, 5.74) is 3.13. The number of benzene rings is 1. The lowest BCUT2D eigenvalue weighted by Crippen LogP contribution is -2.61. The van der Waals surface area contributed by atoms with Gasteiger partial charge < -0.3 is 16.0 Å². The Hall–Kier alpha value is -2.04. The molecule has 0 unspecified atom stereocenters. The molecule has 5 heteroatoms. The predicted molar refractivity (Wildman–Crippen MR) is 111 cm³/mol. The quantitative estimate of drug-likeness (QED) is 0.690. The van der Waals surface area contributed by atoms with Crippen molar-refractivity contribution < 1.29 is 9.59 Å². The Balaban J connectivity index is 1.24. The number of nitrogens with one attached hydrogen (secondary N) is 3. The van der Waals surface area contributed by atoms with Crippen molar-refractivity contribution in [3.63, 3.8) is 0 Å². The van der Waals surface area contributed by atoms with E-state index >= 15 is 0 Å². The zero-order valence-corrected chi connectivity index (χ0v) is 17.1. The molecule has 0 aromatic heterocycles. The topological polar surface area (TPSA) is 70.2 Å². The number of amides is 3. The van der Waals surface area contributed by atoms with Crippen LogP contribution < -0.4 is 16.0 Å². The molecule has 4 saturated carbocycles. The average molecular weight is 384 g/mol. The standard InChI is InChI=1S/C23H33N3O2/c1-3-19-6-4-5-15(2)21(19)25-20(27)7-8-24-22(28)26-23-12-16-9-17(13-23)11-18(10-16)14-23/h4-6,16-18H,3,7-14H2,1-2H3,(H,25,27)(H2,24,26,28). The summed E-state index contributed by atoms with van der Waals surface area (Å²) in [7, 11) is 0. The number of rotatable bonds is 6. The van der Waals surface area contributed by atoms with Crippen molar-refractivity contribution in [3.05, 3.63) is 29.3 Å². The van der Waals surface area contributed by atoms with Gasteiger partial charge in [0.2, 0.25) is 5.91 Å². The molecule has 1 aromatic carbocycles. The lowest BCUT2D eigenvalue weighted by atomic mass is 9.53. The molecule has 4 bridgehead atoms. The fourth-order valence-corrected chi connectivity index (χ4v) is 6.24. The Labute approximate surface area is 168 Å². The van der Waals surface area contributed by atoms with Gasteiger partial charge in [0, 0.05) is 24.2 Å². The van der Waals surface area contributed by atoms with E-state index in [2.05, 4.69) is 22.9 Å². The molecule has 0 atom stereocenters. The second-order valence-electron chi connectivity index (χ2n) is 9.34. The van der Waals surface area contributed by atoms with E-state index in [4.69, 9.17) is 0 Å². The number of hydrogen-bond acceptors (Lipinski definition) is 2. The number of carbonyl (C=O) groups is 2. The zero-order chi connectivity index (χ0) is 19.7. The van der Waals surface area contributed by atoms with Crippen molar-refractivity contribution in [1.82, 2.24) is 10.6 Å². The first-order valence-electron chi connectivity index (χ1n) is 10.9. The molecule has 5 nitrogen and oxygen atoms in total. The predicted octanol–water partition coefficient (Wildman–Crippen LogP) is 4.15. The molecule has 3 N–H and O–H groups in total. The summed E-state index contributed by atoms with van der Waals surface area (Å²) in [6, 6.07) is 5.95. The molecule has 4 aliphatic carbocycles. The number of urea groups is 1. The van der Waals surface area contributed by atoms with Gasteiger partial charge in [0.15, 0.2) is 0 Å². The highest BCUT2D eigenvalue weighted by Crippen LogP contribution is 2.55. The monoisotopic (exact) mass is 383 g/mol. The summed E-state index contributed by atoms with van der Waals surface area (Å²) in [5, 5.41) is 9.22. The highest BCUT2D eigenvalue weighted by Gasteiger charge is 2.51.